The number of carbonyl (C=O) groups is 1. The molecule has 26 heavy (non-hydrogen) atoms. The molecule has 0 aliphatic rings. The van der Waals surface area contributed by atoms with Crippen LogP contribution in [-0.2, 0) is 4.74 Å². The summed E-state index contributed by atoms with van der Waals surface area (Å²) in [6.45, 7) is -0.0537. The number of amidine groups is 1. The van der Waals surface area contributed by atoms with Gasteiger partial charge in [0.1, 0.15) is 24.2 Å². The molecule has 0 saturated heterocycles. The number of alkyl halides is 2. The number of halogens is 3. The van der Waals surface area contributed by atoms with Crippen LogP contribution in [0.2, 0.25) is 5.02 Å². The number of anilines is 1. The zero-order valence-corrected chi connectivity index (χ0v) is 14.6. The topological polar surface area (TPSA) is 89.6 Å². The summed E-state index contributed by atoms with van der Waals surface area (Å²) in [4.78, 5) is 19.9. The second-order valence-corrected chi connectivity index (χ2v) is 5.71. The molecule has 0 aliphatic carbocycles. The summed E-state index contributed by atoms with van der Waals surface area (Å²) in [5.41, 5.74) is 6.25. The largest absolute Gasteiger partial charge is 0.386 e. The molecule has 1 atom stereocenters. The average molecular weight is 383 g/mol. The molecule has 0 fully saturated rings. The zero-order valence-electron chi connectivity index (χ0n) is 13.8. The Hall–Kier alpha value is -2.58. The van der Waals surface area contributed by atoms with Gasteiger partial charge in [0.2, 0.25) is 0 Å². The van der Waals surface area contributed by atoms with Gasteiger partial charge in [-0.1, -0.05) is 23.7 Å². The molecule has 1 aromatic carbocycles. The van der Waals surface area contributed by atoms with Crippen LogP contribution in [0.5, 0.6) is 0 Å². The molecule has 0 spiro atoms. The van der Waals surface area contributed by atoms with Crippen molar-refractivity contribution >= 4 is 29.0 Å². The number of hydrogen-bond acceptors (Lipinski definition) is 4. The molecule has 0 aliphatic heterocycles. The first-order chi connectivity index (χ1) is 12.4. The molecule has 2 rings (SSSR count). The summed E-state index contributed by atoms with van der Waals surface area (Å²) in [5, 5.41) is 2.99. The molecule has 6 nitrogen and oxygen atoms in total. The first-order valence-electron chi connectivity index (χ1n) is 7.53. The maximum Gasteiger partial charge on any atom is 0.274 e. The van der Waals surface area contributed by atoms with Crippen molar-refractivity contribution in [2.24, 2.45) is 10.7 Å². The Morgan fingerprint density at radius 2 is 2.15 bits per heavy atom. The summed E-state index contributed by atoms with van der Waals surface area (Å²) < 4.78 is 31.5. The van der Waals surface area contributed by atoms with Crippen molar-refractivity contribution in [2.45, 2.75) is 12.5 Å². The summed E-state index contributed by atoms with van der Waals surface area (Å²) in [7, 11) is 1.39. The number of aliphatic imine (C=N–C) groups is 1. The number of amides is 1. The SMILES string of the molecule is COCC(N)=NC(c1cccc(NC(=O)c2ccc(Cl)cn2)c1)C(F)F. The van der Waals surface area contributed by atoms with Crippen LogP contribution in [-0.4, -0.2) is 36.9 Å². The van der Waals surface area contributed by atoms with Crippen LogP contribution in [0.3, 0.4) is 0 Å². The number of hydrogen-bond donors (Lipinski definition) is 2. The van der Waals surface area contributed by atoms with Crippen LogP contribution < -0.4 is 11.1 Å². The Morgan fingerprint density at radius 1 is 1.38 bits per heavy atom. The zero-order chi connectivity index (χ0) is 19.1. The molecule has 9 heteroatoms. The lowest BCUT2D eigenvalue weighted by atomic mass is 10.1. The van der Waals surface area contributed by atoms with Gasteiger partial charge in [0.05, 0.1) is 5.02 Å². The first-order valence-corrected chi connectivity index (χ1v) is 7.90. The van der Waals surface area contributed by atoms with E-state index in [0.717, 1.165) is 0 Å². The van der Waals surface area contributed by atoms with Gasteiger partial charge in [-0.15, -0.1) is 0 Å². The number of aromatic nitrogens is 1. The van der Waals surface area contributed by atoms with Crippen molar-refractivity contribution < 1.29 is 18.3 Å². The van der Waals surface area contributed by atoms with Crippen LogP contribution in [0.25, 0.3) is 0 Å². The highest BCUT2D eigenvalue weighted by Gasteiger charge is 2.22. The van der Waals surface area contributed by atoms with E-state index in [9.17, 15) is 13.6 Å². The lowest BCUT2D eigenvalue weighted by molar-refractivity contribution is 0.102. The molecular formula is C17H17ClF2N4O2. The number of carbonyl (C=O) groups excluding carboxylic acids is 1. The third-order valence-corrected chi connectivity index (χ3v) is 3.51. The van der Waals surface area contributed by atoms with Crippen molar-refractivity contribution in [1.29, 1.82) is 0 Å². The molecular weight excluding hydrogens is 366 g/mol. The predicted molar refractivity (Wildman–Crippen MR) is 95.9 cm³/mol. The van der Waals surface area contributed by atoms with E-state index >= 15 is 0 Å². The van der Waals surface area contributed by atoms with Crippen LogP contribution in [0.1, 0.15) is 22.1 Å². The van der Waals surface area contributed by atoms with E-state index < -0.39 is 18.4 Å². The van der Waals surface area contributed by atoms with Gasteiger partial charge in [0.25, 0.3) is 12.3 Å². The Bertz CT molecular complexity index is 785. The molecule has 0 radical (unpaired) electrons. The minimum atomic E-state index is -2.77. The van der Waals surface area contributed by atoms with Crippen LogP contribution >= 0.6 is 11.6 Å². The predicted octanol–water partition coefficient (Wildman–Crippen LogP) is 3.30. The fourth-order valence-corrected chi connectivity index (χ4v) is 2.26. The fourth-order valence-electron chi connectivity index (χ4n) is 2.15. The molecule has 2 aromatic rings. The minimum Gasteiger partial charge on any atom is -0.386 e. The number of nitrogens with zero attached hydrogens (tertiary/aromatic N) is 2. The molecule has 1 heterocycles. The number of nitrogens with two attached hydrogens (primary N) is 1. The van der Waals surface area contributed by atoms with Crippen LogP contribution in [0.15, 0.2) is 47.6 Å². The lowest BCUT2D eigenvalue weighted by Gasteiger charge is -2.15. The summed E-state index contributed by atoms with van der Waals surface area (Å²) in [6, 6.07) is 7.53. The summed E-state index contributed by atoms with van der Waals surface area (Å²) in [5.74, 6) is -0.535. The van der Waals surface area contributed by atoms with Crippen molar-refractivity contribution in [3.05, 3.63) is 58.9 Å². The van der Waals surface area contributed by atoms with E-state index in [4.69, 9.17) is 22.1 Å². The van der Waals surface area contributed by atoms with E-state index in [2.05, 4.69) is 15.3 Å². The van der Waals surface area contributed by atoms with E-state index in [1.807, 2.05) is 0 Å². The van der Waals surface area contributed by atoms with Gasteiger partial charge in [-0.2, -0.15) is 0 Å². The number of nitrogens with one attached hydrogen (secondary N) is 1. The van der Waals surface area contributed by atoms with Crippen molar-refractivity contribution in [3.8, 4) is 0 Å². The maximum absolute atomic E-state index is 13.4. The number of rotatable bonds is 7. The second kappa shape index (κ2) is 9.21. The lowest BCUT2D eigenvalue weighted by Crippen LogP contribution is -2.21. The third kappa shape index (κ3) is 5.47. The van der Waals surface area contributed by atoms with Gasteiger partial charge in [-0.25, -0.2) is 13.8 Å². The molecule has 1 aromatic heterocycles. The molecule has 138 valence electrons. The Balaban J connectivity index is 2.21. The van der Waals surface area contributed by atoms with Gasteiger partial charge < -0.3 is 15.8 Å². The number of benzene rings is 1. The molecule has 3 N–H and O–H groups in total. The third-order valence-electron chi connectivity index (χ3n) is 3.28. The number of ether oxygens (including phenoxy) is 1. The van der Waals surface area contributed by atoms with E-state index in [-0.39, 0.29) is 23.7 Å². The number of pyridine rings is 1. The Morgan fingerprint density at radius 3 is 2.77 bits per heavy atom. The van der Waals surface area contributed by atoms with E-state index in [1.165, 1.54) is 43.6 Å². The molecule has 1 unspecified atom stereocenters. The molecule has 0 bridgehead atoms. The second-order valence-electron chi connectivity index (χ2n) is 5.27. The van der Waals surface area contributed by atoms with Crippen LogP contribution in [0.4, 0.5) is 14.5 Å². The highest BCUT2D eigenvalue weighted by Crippen LogP contribution is 2.27. The monoisotopic (exact) mass is 382 g/mol. The van der Waals surface area contributed by atoms with Gasteiger partial charge >= 0.3 is 0 Å². The van der Waals surface area contributed by atoms with Gasteiger partial charge in [0, 0.05) is 19.0 Å². The van der Waals surface area contributed by atoms with Crippen molar-refractivity contribution in [1.82, 2.24) is 4.98 Å². The normalized spacial score (nSPS) is 12.9. The summed E-state index contributed by atoms with van der Waals surface area (Å²) in [6.07, 6.45) is -1.43. The van der Waals surface area contributed by atoms with E-state index in [0.29, 0.717) is 10.7 Å². The molecule has 1 amide bonds. The molecule has 0 saturated carbocycles. The average Bonchev–Trinajstić information content (AvgIpc) is 2.60. The quantitative estimate of drug-likeness (QED) is 0.568. The van der Waals surface area contributed by atoms with E-state index in [1.54, 1.807) is 6.07 Å². The van der Waals surface area contributed by atoms with Gasteiger partial charge in [0.15, 0.2) is 0 Å². The fraction of sp³-hybridized carbons (Fsp3) is 0.235. The maximum atomic E-state index is 13.4. The van der Waals surface area contributed by atoms with Crippen molar-refractivity contribution in [3.63, 3.8) is 0 Å². The highest BCUT2D eigenvalue weighted by atomic mass is 35.5. The van der Waals surface area contributed by atoms with Crippen LogP contribution in [0, 0.1) is 0 Å². The smallest absolute Gasteiger partial charge is 0.274 e. The van der Waals surface area contributed by atoms with Gasteiger partial charge in [-0.3, -0.25) is 9.79 Å². The Kier molecular flexibility index (Phi) is 6.99. The Labute approximate surface area is 154 Å². The number of methoxy groups -OCH3 is 1. The van der Waals surface area contributed by atoms with Crippen molar-refractivity contribution in [2.75, 3.05) is 19.0 Å². The first kappa shape index (κ1) is 19.7. The standard InChI is InChI=1S/C17H17ClF2N4O2/c1-26-9-14(21)24-15(16(19)20)10-3-2-4-12(7-10)23-17(25)13-6-5-11(18)8-22-13/h2-8,15-16H,9H2,1H3,(H2,21,24)(H,23,25). The minimum absolute atomic E-state index is 0.0439. The summed E-state index contributed by atoms with van der Waals surface area (Å²) >= 11 is 5.73. The van der Waals surface area contributed by atoms with Gasteiger partial charge in [-0.05, 0) is 29.8 Å². The highest BCUT2D eigenvalue weighted by molar-refractivity contribution is 6.30.